The molecule has 1 aromatic carbocycles. The molecule has 1 atom stereocenters. The van der Waals surface area contributed by atoms with Gasteiger partial charge in [0.15, 0.2) is 0 Å². The van der Waals surface area contributed by atoms with Gasteiger partial charge in [0.1, 0.15) is 22.6 Å². The highest BCUT2D eigenvalue weighted by atomic mass is 32.1. The van der Waals surface area contributed by atoms with E-state index in [-0.39, 0.29) is 24.0 Å². The van der Waals surface area contributed by atoms with E-state index >= 15 is 4.39 Å². The Hall–Kier alpha value is -3.94. The van der Waals surface area contributed by atoms with Gasteiger partial charge in [0.2, 0.25) is 12.3 Å². The molecule has 14 heteroatoms. The summed E-state index contributed by atoms with van der Waals surface area (Å²) in [6, 6.07) is 6.06. The molecule has 3 amide bonds. The third-order valence-corrected chi connectivity index (χ3v) is 6.72. The monoisotopic (exact) mass is 506 g/mol. The molecule has 35 heavy (non-hydrogen) atoms. The fourth-order valence-corrected chi connectivity index (χ4v) is 4.92. The summed E-state index contributed by atoms with van der Waals surface area (Å²) in [6.07, 6.45) is -0.665. The van der Waals surface area contributed by atoms with Crippen molar-refractivity contribution < 1.29 is 28.4 Å². The molecule has 2 aliphatic rings. The number of piperazine rings is 1. The van der Waals surface area contributed by atoms with Gasteiger partial charge in [0.25, 0.3) is 0 Å². The largest absolute Gasteiger partial charge is 0.442 e. The van der Waals surface area contributed by atoms with Crippen molar-refractivity contribution in [2.45, 2.75) is 13.0 Å². The molecule has 3 heterocycles. The van der Waals surface area contributed by atoms with Gasteiger partial charge in [-0.2, -0.15) is 0 Å². The van der Waals surface area contributed by atoms with E-state index in [4.69, 9.17) is 4.74 Å². The molecule has 1 aromatic heterocycles. The highest BCUT2D eigenvalue weighted by Gasteiger charge is 2.33. The van der Waals surface area contributed by atoms with Crippen molar-refractivity contribution in [3.05, 3.63) is 40.2 Å². The Bertz CT molecular complexity index is 1150. The number of carbonyl (C=O) groups excluding carboxylic acids is 3. The minimum absolute atomic E-state index is 0.0624. The molecule has 4 rings (SSSR count). The van der Waals surface area contributed by atoms with E-state index in [1.807, 2.05) is 9.80 Å². The standard InChI is InChI=1S/C21H23FN6O6S/c1-13(30)23-10-15-11-27(21(31)34-15)14-2-3-17(16(22)8-14)25-4-6-26(7-5-25)18-9-19(24-12-29)35-20(18)28(32)33/h2-3,8-9,12,15H,4-7,10-11H2,1H3,(H,23,30)(H,24,29). The number of nitrogens with zero attached hydrogens (tertiary/aromatic N) is 4. The van der Waals surface area contributed by atoms with Crippen LogP contribution in [0.5, 0.6) is 0 Å². The number of amides is 3. The Kier molecular flexibility index (Phi) is 7.00. The molecule has 2 aliphatic heterocycles. The smallest absolute Gasteiger partial charge is 0.414 e. The maximum absolute atomic E-state index is 15.0. The third kappa shape index (κ3) is 5.26. The first-order valence-electron chi connectivity index (χ1n) is 10.8. The Balaban J connectivity index is 1.41. The van der Waals surface area contributed by atoms with Gasteiger partial charge in [0.05, 0.1) is 29.4 Å². The number of ether oxygens (including phenoxy) is 1. The molecule has 2 N–H and O–H groups in total. The number of benzene rings is 1. The molecule has 0 radical (unpaired) electrons. The summed E-state index contributed by atoms with van der Waals surface area (Å²) in [6.45, 7) is 3.42. The highest BCUT2D eigenvalue weighted by Crippen LogP contribution is 2.41. The maximum atomic E-state index is 15.0. The van der Waals surface area contributed by atoms with E-state index in [1.165, 1.54) is 17.9 Å². The molecule has 0 spiro atoms. The number of rotatable bonds is 8. The number of halogens is 1. The molecule has 2 aromatic rings. The number of anilines is 4. The SMILES string of the molecule is CC(=O)NCC1CN(c2ccc(N3CCN(c4cc(NC=O)sc4[N+](=O)[O-])CC3)c(F)c2)C(=O)O1. The normalized spacial score (nSPS) is 17.8. The number of thiophene rings is 1. The average Bonchev–Trinajstić information content (AvgIpc) is 3.42. The lowest BCUT2D eigenvalue weighted by Gasteiger charge is -2.36. The average molecular weight is 507 g/mol. The van der Waals surface area contributed by atoms with Crippen molar-refractivity contribution in [1.82, 2.24) is 5.32 Å². The quantitative estimate of drug-likeness (QED) is 0.316. The van der Waals surface area contributed by atoms with E-state index in [9.17, 15) is 24.5 Å². The number of nitrogens with one attached hydrogen (secondary N) is 2. The Morgan fingerprint density at radius 3 is 2.54 bits per heavy atom. The van der Waals surface area contributed by atoms with Crippen molar-refractivity contribution in [3.8, 4) is 0 Å². The molecule has 2 saturated heterocycles. The van der Waals surface area contributed by atoms with Crippen molar-refractivity contribution in [2.75, 3.05) is 59.3 Å². The van der Waals surface area contributed by atoms with Gasteiger partial charge < -0.3 is 25.2 Å². The van der Waals surface area contributed by atoms with Crippen LogP contribution in [0.2, 0.25) is 0 Å². The predicted octanol–water partition coefficient (Wildman–Crippen LogP) is 2.15. The van der Waals surface area contributed by atoms with Crippen LogP contribution in [0.25, 0.3) is 0 Å². The zero-order valence-corrected chi connectivity index (χ0v) is 19.5. The number of carbonyl (C=O) groups is 3. The first-order valence-corrected chi connectivity index (χ1v) is 11.6. The molecule has 0 bridgehead atoms. The van der Waals surface area contributed by atoms with Crippen molar-refractivity contribution >= 4 is 56.8 Å². The summed E-state index contributed by atoms with van der Waals surface area (Å²) >= 11 is 0.884. The summed E-state index contributed by atoms with van der Waals surface area (Å²) in [5.41, 5.74) is 1.13. The Morgan fingerprint density at radius 2 is 1.94 bits per heavy atom. The first kappa shape index (κ1) is 24.2. The number of cyclic esters (lactones) is 1. The van der Waals surface area contributed by atoms with Crippen molar-refractivity contribution in [1.29, 1.82) is 0 Å². The second kappa shape index (κ2) is 10.1. The maximum Gasteiger partial charge on any atom is 0.414 e. The number of nitro groups is 1. The summed E-state index contributed by atoms with van der Waals surface area (Å²) in [5, 5.41) is 16.8. The van der Waals surface area contributed by atoms with Gasteiger partial charge in [-0.1, -0.05) is 0 Å². The van der Waals surface area contributed by atoms with Crippen molar-refractivity contribution in [3.63, 3.8) is 0 Å². The molecular weight excluding hydrogens is 483 g/mol. The molecule has 186 valence electrons. The van der Waals surface area contributed by atoms with E-state index in [0.717, 1.165) is 11.3 Å². The van der Waals surface area contributed by atoms with Gasteiger partial charge in [-0.05, 0) is 29.5 Å². The fourth-order valence-electron chi connectivity index (χ4n) is 4.06. The summed E-state index contributed by atoms with van der Waals surface area (Å²) < 4.78 is 20.2. The van der Waals surface area contributed by atoms with Crippen molar-refractivity contribution in [2.24, 2.45) is 0 Å². The molecule has 0 saturated carbocycles. The van der Waals surface area contributed by atoms with Gasteiger partial charge in [-0.25, -0.2) is 9.18 Å². The second-order valence-corrected chi connectivity index (χ2v) is 9.01. The van der Waals surface area contributed by atoms with Crippen LogP contribution in [-0.2, 0) is 14.3 Å². The van der Waals surface area contributed by atoms with Crippen LogP contribution in [0, 0.1) is 15.9 Å². The molecular formula is C21H23FN6O6S. The van der Waals surface area contributed by atoms with Gasteiger partial charge >= 0.3 is 11.1 Å². The number of hydrogen-bond donors (Lipinski definition) is 2. The zero-order chi connectivity index (χ0) is 25.1. The summed E-state index contributed by atoms with van der Waals surface area (Å²) in [4.78, 5) is 49.9. The lowest BCUT2D eigenvalue weighted by Crippen LogP contribution is -2.46. The first-order chi connectivity index (χ1) is 16.8. The second-order valence-electron chi connectivity index (χ2n) is 7.98. The van der Waals surface area contributed by atoms with E-state index in [2.05, 4.69) is 10.6 Å². The van der Waals surface area contributed by atoms with Crippen LogP contribution in [-0.4, -0.2) is 68.7 Å². The summed E-state index contributed by atoms with van der Waals surface area (Å²) in [5.74, 6) is -0.741. The molecule has 2 fully saturated rings. The Labute approximate surface area is 203 Å². The topological polar surface area (TPSA) is 137 Å². The van der Waals surface area contributed by atoms with Crippen LogP contribution in [0.3, 0.4) is 0 Å². The third-order valence-electron chi connectivity index (χ3n) is 5.72. The molecule has 1 unspecified atom stereocenters. The Morgan fingerprint density at radius 1 is 1.26 bits per heavy atom. The van der Waals surface area contributed by atoms with E-state index < -0.39 is 22.9 Å². The highest BCUT2D eigenvalue weighted by molar-refractivity contribution is 7.20. The number of hydrogen-bond acceptors (Lipinski definition) is 9. The van der Waals surface area contributed by atoms with Crippen LogP contribution in [0.15, 0.2) is 24.3 Å². The fraction of sp³-hybridized carbons (Fsp3) is 0.381. The lowest BCUT2D eigenvalue weighted by atomic mass is 10.2. The van der Waals surface area contributed by atoms with E-state index in [1.54, 1.807) is 18.2 Å². The van der Waals surface area contributed by atoms with Crippen LogP contribution < -0.4 is 25.3 Å². The minimum atomic E-state index is -0.609. The molecule has 12 nitrogen and oxygen atoms in total. The van der Waals surface area contributed by atoms with Gasteiger partial charge in [0, 0.05) is 39.2 Å². The van der Waals surface area contributed by atoms with Gasteiger partial charge in [-0.15, -0.1) is 0 Å². The van der Waals surface area contributed by atoms with Crippen LogP contribution in [0.4, 0.5) is 36.2 Å². The van der Waals surface area contributed by atoms with E-state index in [0.29, 0.717) is 54.7 Å². The van der Waals surface area contributed by atoms with Gasteiger partial charge in [-0.3, -0.25) is 24.6 Å². The molecule has 0 aliphatic carbocycles. The lowest BCUT2D eigenvalue weighted by molar-refractivity contribution is -0.379. The predicted molar refractivity (Wildman–Crippen MR) is 128 cm³/mol. The summed E-state index contributed by atoms with van der Waals surface area (Å²) in [7, 11) is 0. The minimum Gasteiger partial charge on any atom is -0.442 e. The zero-order valence-electron chi connectivity index (χ0n) is 18.7. The van der Waals surface area contributed by atoms with Crippen LogP contribution >= 0.6 is 11.3 Å². The van der Waals surface area contributed by atoms with Crippen LogP contribution in [0.1, 0.15) is 6.92 Å².